The van der Waals surface area contributed by atoms with Crippen LogP contribution in [-0.4, -0.2) is 39.0 Å². The molecule has 1 amide bonds. The molecule has 0 atom stereocenters. The second kappa shape index (κ2) is 5.34. The Morgan fingerprint density at radius 3 is 2.56 bits per heavy atom. The van der Waals surface area contributed by atoms with E-state index in [0.717, 1.165) is 0 Å². The van der Waals surface area contributed by atoms with Gasteiger partial charge >= 0.3 is 5.97 Å². The molecule has 6 nitrogen and oxygen atoms in total. The molecule has 0 unspecified atom stereocenters. The van der Waals surface area contributed by atoms with Gasteiger partial charge in [-0.3, -0.25) is 4.79 Å². The molecule has 1 rings (SSSR count). The van der Waals surface area contributed by atoms with Crippen LogP contribution < -0.4 is 5.73 Å². The van der Waals surface area contributed by atoms with Gasteiger partial charge < -0.3 is 15.7 Å². The van der Waals surface area contributed by atoms with E-state index in [1.807, 2.05) is 0 Å². The van der Waals surface area contributed by atoms with Crippen LogP contribution in [0.15, 0.2) is 5.38 Å². The number of anilines is 1. The monoisotopic (exact) mass is 271 g/mol. The summed E-state index contributed by atoms with van der Waals surface area (Å²) in [7, 11) is 0. The number of nitrogens with zero attached hydrogens (tertiary/aromatic N) is 2. The Morgan fingerprint density at radius 2 is 2.17 bits per heavy atom. The van der Waals surface area contributed by atoms with E-state index in [9.17, 15) is 9.59 Å². The third-order valence-corrected chi connectivity index (χ3v) is 3.44. The molecule has 0 radical (unpaired) electrons. The maximum Gasteiger partial charge on any atom is 0.329 e. The Hall–Kier alpha value is -1.63. The van der Waals surface area contributed by atoms with Crippen LogP contribution >= 0.6 is 11.3 Å². The van der Waals surface area contributed by atoms with Crippen LogP contribution in [-0.2, 0) is 16.0 Å². The molecule has 0 saturated carbocycles. The zero-order chi connectivity index (χ0) is 13.9. The standard InChI is InChI=1S/C11H17N3O3S/c1-4-14(11(2,3)9(16)17)8(15)5-7-6-18-10(12)13-7/h6H,4-5H2,1-3H3,(H2,12,13)(H,16,17). The molecule has 0 aromatic carbocycles. The minimum atomic E-state index is -1.23. The molecule has 100 valence electrons. The lowest BCUT2D eigenvalue weighted by Crippen LogP contribution is -2.53. The van der Waals surface area contributed by atoms with Gasteiger partial charge in [0.15, 0.2) is 5.13 Å². The summed E-state index contributed by atoms with van der Waals surface area (Å²) < 4.78 is 0. The number of aromatic nitrogens is 1. The molecule has 0 saturated heterocycles. The molecule has 0 aliphatic heterocycles. The number of carboxylic acid groups (broad SMARTS) is 1. The minimum Gasteiger partial charge on any atom is -0.480 e. The summed E-state index contributed by atoms with van der Waals surface area (Å²) in [5, 5.41) is 11.2. The molecule has 0 spiro atoms. The largest absolute Gasteiger partial charge is 0.480 e. The van der Waals surface area contributed by atoms with E-state index in [4.69, 9.17) is 10.8 Å². The first-order chi connectivity index (χ1) is 8.28. The molecule has 18 heavy (non-hydrogen) atoms. The second-order valence-corrected chi connectivity index (χ2v) is 5.25. The first-order valence-corrected chi connectivity index (χ1v) is 6.40. The number of carbonyl (C=O) groups excluding carboxylic acids is 1. The maximum atomic E-state index is 12.1. The zero-order valence-electron chi connectivity index (χ0n) is 10.6. The van der Waals surface area contributed by atoms with Crippen molar-refractivity contribution in [2.75, 3.05) is 12.3 Å². The van der Waals surface area contributed by atoms with Crippen LogP contribution in [0.1, 0.15) is 26.5 Å². The third kappa shape index (κ3) is 2.98. The van der Waals surface area contributed by atoms with Gasteiger partial charge in [-0.15, -0.1) is 11.3 Å². The summed E-state index contributed by atoms with van der Waals surface area (Å²) in [6.45, 7) is 5.09. The highest BCUT2D eigenvalue weighted by Gasteiger charge is 2.36. The van der Waals surface area contributed by atoms with Crippen molar-refractivity contribution in [1.29, 1.82) is 0 Å². The number of carbonyl (C=O) groups is 2. The lowest BCUT2D eigenvalue weighted by Gasteiger charge is -2.34. The summed E-state index contributed by atoms with van der Waals surface area (Å²) >= 11 is 1.26. The lowest BCUT2D eigenvalue weighted by molar-refractivity contribution is -0.156. The third-order valence-electron chi connectivity index (χ3n) is 2.72. The van der Waals surface area contributed by atoms with Crippen molar-refractivity contribution in [2.24, 2.45) is 0 Å². The molecular formula is C11H17N3O3S. The average Bonchev–Trinajstić information content (AvgIpc) is 2.64. The molecule has 1 aromatic heterocycles. The SMILES string of the molecule is CCN(C(=O)Cc1csc(N)n1)C(C)(C)C(=O)O. The van der Waals surface area contributed by atoms with E-state index in [-0.39, 0.29) is 12.3 Å². The number of hydrogen-bond acceptors (Lipinski definition) is 5. The number of likely N-dealkylation sites (N-methyl/N-ethyl adjacent to an activating group) is 1. The smallest absolute Gasteiger partial charge is 0.329 e. The zero-order valence-corrected chi connectivity index (χ0v) is 11.5. The quantitative estimate of drug-likeness (QED) is 0.832. The molecule has 7 heteroatoms. The van der Waals surface area contributed by atoms with Gasteiger partial charge in [0.05, 0.1) is 12.1 Å². The maximum absolute atomic E-state index is 12.1. The van der Waals surface area contributed by atoms with Crippen molar-refractivity contribution in [2.45, 2.75) is 32.7 Å². The predicted octanol–water partition coefficient (Wildman–Crippen LogP) is 0.979. The van der Waals surface area contributed by atoms with E-state index in [2.05, 4.69) is 4.98 Å². The van der Waals surface area contributed by atoms with Gasteiger partial charge in [-0.1, -0.05) is 0 Å². The van der Waals surface area contributed by atoms with E-state index in [1.54, 1.807) is 12.3 Å². The van der Waals surface area contributed by atoms with Crippen LogP contribution in [0.3, 0.4) is 0 Å². The summed E-state index contributed by atoms with van der Waals surface area (Å²) in [4.78, 5) is 28.6. The van der Waals surface area contributed by atoms with E-state index in [0.29, 0.717) is 17.4 Å². The Balaban J connectivity index is 2.83. The number of rotatable bonds is 5. The van der Waals surface area contributed by atoms with E-state index in [1.165, 1.54) is 30.1 Å². The van der Waals surface area contributed by atoms with Gasteiger partial charge in [-0.05, 0) is 20.8 Å². The van der Waals surface area contributed by atoms with Gasteiger partial charge in [0.1, 0.15) is 5.54 Å². The highest BCUT2D eigenvalue weighted by Crippen LogP contribution is 2.18. The van der Waals surface area contributed by atoms with Crippen molar-refractivity contribution in [3.05, 3.63) is 11.1 Å². The number of carboxylic acids is 1. The highest BCUT2D eigenvalue weighted by atomic mass is 32.1. The summed E-state index contributed by atoms with van der Waals surface area (Å²) in [6.07, 6.45) is 0.0677. The van der Waals surface area contributed by atoms with Gasteiger partial charge in [-0.25, -0.2) is 9.78 Å². The second-order valence-electron chi connectivity index (χ2n) is 4.36. The van der Waals surface area contributed by atoms with Crippen molar-refractivity contribution in [3.8, 4) is 0 Å². The van der Waals surface area contributed by atoms with Crippen LogP contribution in [0.5, 0.6) is 0 Å². The lowest BCUT2D eigenvalue weighted by atomic mass is 10.0. The average molecular weight is 271 g/mol. The number of hydrogen-bond donors (Lipinski definition) is 2. The van der Waals surface area contributed by atoms with Crippen molar-refractivity contribution < 1.29 is 14.7 Å². The minimum absolute atomic E-state index is 0.0677. The number of nitrogen functional groups attached to an aromatic ring is 1. The van der Waals surface area contributed by atoms with Crippen molar-refractivity contribution in [1.82, 2.24) is 9.88 Å². The molecule has 0 fully saturated rings. The fourth-order valence-corrected chi connectivity index (χ4v) is 2.22. The van der Waals surface area contributed by atoms with Gasteiger partial charge in [0.25, 0.3) is 0 Å². The first kappa shape index (κ1) is 14.4. The highest BCUT2D eigenvalue weighted by molar-refractivity contribution is 7.13. The Bertz CT molecular complexity index is 456. The number of amides is 1. The van der Waals surface area contributed by atoms with E-state index >= 15 is 0 Å². The van der Waals surface area contributed by atoms with Gasteiger partial charge in [-0.2, -0.15) is 0 Å². The molecule has 0 bridgehead atoms. The Morgan fingerprint density at radius 1 is 1.56 bits per heavy atom. The number of thiazole rings is 1. The molecule has 0 aliphatic carbocycles. The summed E-state index contributed by atoms with van der Waals surface area (Å²) in [5.41, 5.74) is 4.83. The van der Waals surface area contributed by atoms with Crippen molar-refractivity contribution >= 4 is 28.3 Å². The van der Waals surface area contributed by atoms with Crippen molar-refractivity contribution in [3.63, 3.8) is 0 Å². The fraction of sp³-hybridized carbons (Fsp3) is 0.545. The van der Waals surface area contributed by atoms with Gasteiger partial charge in [0.2, 0.25) is 5.91 Å². The van der Waals surface area contributed by atoms with Crippen LogP contribution in [0.2, 0.25) is 0 Å². The number of nitrogens with two attached hydrogens (primary N) is 1. The molecule has 3 N–H and O–H groups in total. The van der Waals surface area contributed by atoms with Crippen LogP contribution in [0.25, 0.3) is 0 Å². The predicted molar refractivity (Wildman–Crippen MR) is 69.3 cm³/mol. The molecule has 1 aromatic rings. The van der Waals surface area contributed by atoms with Gasteiger partial charge in [0, 0.05) is 11.9 Å². The molecular weight excluding hydrogens is 254 g/mol. The summed E-state index contributed by atoms with van der Waals surface area (Å²) in [5.74, 6) is -1.30. The molecule has 0 aliphatic rings. The topological polar surface area (TPSA) is 96.5 Å². The first-order valence-electron chi connectivity index (χ1n) is 5.52. The fourth-order valence-electron chi connectivity index (χ4n) is 1.65. The Labute approximate surface area is 109 Å². The van der Waals surface area contributed by atoms with Crippen LogP contribution in [0, 0.1) is 0 Å². The summed E-state index contributed by atoms with van der Waals surface area (Å²) in [6, 6.07) is 0. The Kier molecular flexibility index (Phi) is 4.28. The van der Waals surface area contributed by atoms with E-state index < -0.39 is 11.5 Å². The van der Waals surface area contributed by atoms with Crippen LogP contribution in [0.4, 0.5) is 5.13 Å². The number of aliphatic carboxylic acids is 1. The molecule has 1 heterocycles. The normalized spacial score (nSPS) is 11.3.